The predicted molar refractivity (Wildman–Crippen MR) is 102 cm³/mol. The zero-order valence-corrected chi connectivity index (χ0v) is 15.4. The van der Waals surface area contributed by atoms with Crippen LogP contribution in [0, 0.1) is 17.6 Å². The van der Waals surface area contributed by atoms with Gasteiger partial charge in [-0.15, -0.1) is 0 Å². The molecule has 0 radical (unpaired) electrons. The Labute approximate surface area is 162 Å². The number of likely N-dealkylation sites (tertiary alicyclic amines) is 1. The van der Waals surface area contributed by atoms with E-state index in [1.54, 1.807) is 0 Å². The number of Topliss-reactive ketones (excluding diaryl/α,β-unsaturated/α-hetero) is 1. The quantitative estimate of drug-likeness (QED) is 0.621. The van der Waals surface area contributed by atoms with Crippen LogP contribution in [0.25, 0.3) is 5.69 Å². The summed E-state index contributed by atoms with van der Waals surface area (Å²) in [7, 11) is 0. The van der Waals surface area contributed by atoms with Gasteiger partial charge >= 0.3 is 0 Å². The number of halogens is 2. The first kappa shape index (κ1) is 18.5. The van der Waals surface area contributed by atoms with Gasteiger partial charge in [0.15, 0.2) is 5.78 Å². The van der Waals surface area contributed by atoms with Gasteiger partial charge in [0.2, 0.25) is 0 Å². The number of carbonyl (C=O) groups excluding carboxylic acids is 1. The first-order valence-electron chi connectivity index (χ1n) is 9.42. The topological polar surface area (TPSA) is 38.1 Å². The summed E-state index contributed by atoms with van der Waals surface area (Å²) in [6, 6.07) is 14.9. The smallest absolute Gasteiger partial charge is 0.169 e. The maximum atomic E-state index is 13.9. The molecule has 0 N–H and O–H groups in total. The number of hydrogen-bond acceptors (Lipinski definition) is 3. The molecule has 0 aliphatic carbocycles. The van der Waals surface area contributed by atoms with Crippen molar-refractivity contribution in [3.8, 4) is 5.69 Å². The number of para-hydroxylation sites is 1. The number of hydrogen-bond donors (Lipinski definition) is 0. The standard InChI is InChI=1S/C22H21F2N3O/c23-17-6-7-21(24)20(14-17)22(28)16-8-11-26(12-9-16)15-18-10-13-27(25-18)19-4-2-1-3-5-19/h1-7,10,13-14,16H,8-9,11-12,15H2. The second-order valence-corrected chi connectivity index (χ2v) is 7.13. The van der Waals surface area contributed by atoms with E-state index in [0.717, 1.165) is 42.7 Å². The summed E-state index contributed by atoms with van der Waals surface area (Å²) in [6.07, 6.45) is 3.20. The minimum Gasteiger partial charge on any atom is -0.297 e. The molecule has 3 aromatic rings. The van der Waals surface area contributed by atoms with E-state index in [1.807, 2.05) is 47.3 Å². The van der Waals surface area contributed by atoms with E-state index in [1.165, 1.54) is 0 Å². The highest BCUT2D eigenvalue weighted by molar-refractivity contribution is 5.98. The van der Waals surface area contributed by atoms with Crippen molar-refractivity contribution < 1.29 is 13.6 Å². The van der Waals surface area contributed by atoms with Crippen LogP contribution in [0.5, 0.6) is 0 Å². The highest BCUT2D eigenvalue weighted by atomic mass is 19.1. The molecular formula is C22H21F2N3O. The maximum absolute atomic E-state index is 13.9. The summed E-state index contributed by atoms with van der Waals surface area (Å²) in [5.41, 5.74) is 1.83. The fourth-order valence-electron chi connectivity index (χ4n) is 3.66. The molecule has 0 bridgehead atoms. The Morgan fingerprint density at radius 1 is 1.04 bits per heavy atom. The van der Waals surface area contributed by atoms with Crippen molar-refractivity contribution in [2.75, 3.05) is 13.1 Å². The first-order valence-corrected chi connectivity index (χ1v) is 9.42. The summed E-state index contributed by atoms with van der Waals surface area (Å²) < 4.78 is 29.1. The molecule has 0 amide bonds. The number of rotatable bonds is 5. The van der Waals surface area contributed by atoms with Crippen LogP contribution in [0.15, 0.2) is 60.8 Å². The highest BCUT2D eigenvalue weighted by Gasteiger charge is 2.28. The van der Waals surface area contributed by atoms with Crippen LogP contribution < -0.4 is 0 Å². The van der Waals surface area contributed by atoms with Crippen LogP contribution in [0.2, 0.25) is 0 Å². The molecule has 1 fully saturated rings. The van der Waals surface area contributed by atoms with Crippen molar-refractivity contribution >= 4 is 5.78 Å². The molecule has 0 atom stereocenters. The normalized spacial score (nSPS) is 15.6. The fraction of sp³-hybridized carbons (Fsp3) is 0.273. The number of nitrogens with zero attached hydrogens (tertiary/aromatic N) is 3. The second-order valence-electron chi connectivity index (χ2n) is 7.13. The van der Waals surface area contributed by atoms with E-state index in [9.17, 15) is 13.6 Å². The summed E-state index contributed by atoms with van der Waals surface area (Å²) in [5.74, 6) is -1.81. The van der Waals surface area contributed by atoms with Crippen molar-refractivity contribution in [3.63, 3.8) is 0 Å². The van der Waals surface area contributed by atoms with Crippen molar-refractivity contribution in [1.82, 2.24) is 14.7 Å². The lowest BCUT2D eigenvalue weighted by Gasteiger charge is -2.30. The molecule has 4 nitrogen and oxygen atoms in total. The van der Waals surface area contributed by atoms with E-state index >= 15 is 0 Å². The number of carbonyl (C=O) groups is 1. The van der Waals surface area contributed by atoms with Crippen molar-refractivity contribution in [2.45, 2.75) is 19.4 Å². The number of aromatic nitrogens is 2. The van der Waals surface area contributed by atoms with Crippen molar-refractivity contribution in [2.24, 2.45) is 5.92 Å². The van der Waals surface area contributed by atoms with Gasteiger partial charge < -0.3 is 0 Å². The summed E-state index contributed by atoms with van der Waals surface area (Å²) in [4.78, 5) is 14.8. The molecule has 28 heavy (non-hydrogen) atoms. The van der Waals surface area contributed by atoms with Crippen LogP contribution in [-0.2, 0) is 6.54 Å². The van der Waals surface area contributed by atoms with Gasteiger partial charge in [-0.05, 0) is 62.3 Å². The molecule has 0 saturated carbocycles. The van der Waals surface area contributed by atoms with Crippen LogP contribution >= 0.6 is 0 Å². The maximum Gasteiger partial charge on any atom is 0.169 e. The summed E-state index contributed by atoms with van der Waals surface area (Å²) in [5, 5.41) is 4.61. The lowest BCUT2D eigenvalue weighted by Crippen LogP contribution is -2.36. The van der Waals surface area contributed by atoms with Gasteiger partial charge in [0.05, 0.1) is 16.9 Å². The SMILES string of the molecule is O=C(c1cc(F)ccc1F)C1CCN(Cc2ccn(-c3ccccc3)n2)CC1. The fourth-order valence-corrected chi connectivity index (χ4v) is 3.66. The van der Waals surface area contributed by atoms with E-state index in [-0.39, 0.29) is 17.3 Å². The molecule has 1 aliphatic heterocycles. The molecule has 2 aromatic carbocycles. The third-order valence-corrected chi connectivity index (χ3v) is 5.20. The molecule has 1 saturated heterocycles. The lowest BCUT2D eigenvalue weighted by molar-refractivity contribution is 0.0829. The lowest BCUT2D eigenvalue weighted by atomic mass is 9.88. The van der Waals surface area contributed by atoms with Gasteiger partial charge in [-0.2, -0.15) is 5.10 Å². The van der Waals surface area contributed by atoms with Gasteiger partial charge in [-0.3, -0.25) is 9.69 Å². The molecule has 144 valence electrons. The minimum atomic E-state index is -0.653. The van der Waals surface area contributed by atoms with Gasteiger partial charge in [-0.25, -0.2) is 13.5 Å². The van der Waals surface area contributed by atoms with E-state index < -0.39 is 11.6 Å². The first-order chi connectivity index (χ1) is 13.6. The number of benzene rings is 2. The Hall–Kier alpha value is -2.86. The molecule has 1 aliphatic rings. The van der Waals surface area contributed by atoms with Crippen LogP contribution in [-0.4, -0.2) is 33.6 Å². The van der Waals surface area contributed by atoms with Gasteiger partial charge in [-0.1, -0.05) is 18.2 Å². The average molecular weight is 381 g/mol. The van der Waals surface area contributed by atoms with E-state index in [2.05, 4.69) is 10.00 Å². The Bertz CT molecular complexity index is 963. The van der Waals surface area contributed by atoms with E-state index in [0.29, 0.717) is 19.4 Å². The zero-order chi connectivity index (χ0) is 19.5. The van der Waals surface area contributed by atoms with Crippen molar-refractivity contribution in [3.05, 3.63) is 83.7 Å². The van der Waals surface area contributed by atoms with Gasteiger partial charge in [0.25, 0.3) is 0 Å². The molecule has 0 unspecified atom stereocenters. The minimum absolute atomic E-state index is 0.139. The van der Waals surface area contributed by atoms with Crippen LogP contribution in [0.3, 0.4) is 0 Å². The summed E-state index contributed by atoms with van der Waals surface area (Å²) >= 11 is 0. The third-order valence-electron chi connectivity index (χ3n) is 5.20. The summed E-state index contributed by atoms with van der Waals surface area (Å²) in [6.45, 7) is 2.16. The average Bonchev–Trinajstić information content (AvgIpc) is 3.19. The number of piperidine rings is 1. The second kappa shape index (κ2) is 8.02. The van der Waals surface area contributed by atoms with Crippen LogP contribution in [0.4, 0.5) is 8.78 Å². The molecule has 6 heteroatoms. The predicted octanol–water partition coefficient (Wildman–Crippen LogP) is 4.25. The van der Waals surface area contributed by atoms with Gasteiger partial charge in [0, 0.05) is 18.7 Å². The molecule has 1 aromatic heterocycles. The Kier molecular flexibility index (Phi) is 5.30. The zero-order valence-electron chi connectivity index (χ0n) is 15.4. The Morgan fingerprint density at radius 2 is 1.79 bits per heavy atom. The third kappa shape index (κ3) is 4.02. The Morgan fingerprint density at radius 3 is 2.54 bits per heavy atom. The molecular weight excluding hydrogens is 360 g/mol. The molecule has 0 spiro atoms. The van der Waals surface area contributed by atoms with Crippen LogP contribution in [0.1, 0.15) is 28.9 Å². The molecule has 2 heterocycles. The molecule has 4 rings (SSSR count). The van der Waals surface area contributed by atoms with Gasteiger partial charge in [0.1, 0.15) is 11.6 Å². The highest BCUT2D eigenvalue weighted by Crippen LogP contribution is 2.24. The van der Waals surface area contributed by atoms with E-state index in [4.69, 9.17) is 0 Å². The number of ketones is 1. The largest absolute Gasteiger partial charge is 0.297 e. The van der Waals surface area contributed by atoms with Crippen molar-refractivity contribution in [1.29, 1.82) is 0 Å². The Balaban J connectivity index is 1.35. The monoisotopic (exact) mass is 381 g/mol.